The van der Waals surface area contributed by atoms with Crippen molar-refractivity contribution in [3.05, 3.63) is 0 Å². The summed E-state index contributed by atoms with van der Waals surface area (Å²) < 4.78 is 11.4. The van der Waals surface area contributed by atoms with E-state index in [1.807, 2.05) is 7.05 Å². The first-order valence-corrected chi connectivity index (χ1v) is 9.99. The van der Waals surface area contributed by atoms with Crippen molar-refractivity contribution in [1.29, 1.82) is 0 Å². The molecule has 0 aromatic rings. The lowest BCUT2D eigenvalue weighted by Crippen LogP contribution is -2.68. The van der Waals surface area contributed by atoms with Crippen LogP contribution < -0.4 is 5.32 Å². The largest absolute Gasteiger partial charge is 0.381 e. The minimum atomic E-state index is 0.196. The molecule has 0 amide bonds. The molecule has 0 bridgehead atoms. The van der Waals surface area contributed by atoms with E-state index in [4.69, 9.17) is 9.47 Å². The molecule has 4 atom stereocenters. The van der Waals surface area contributed by atoms with Crippen molar-refractivity contribution in [2.75, 3.05) is 59.6 Å². The Morgan fingerprint density at radius 1 is 1.16 bits per heavy atom. The fraction of sp³-hybridized carbons (Fsp3) is 0.947. The maximum absolute atomic E-state index is 5.93. The third-order valence-electron chi connectivity index (χ3n) is 6.81. The Hall–Kier alpha value is -0.850. The molecule has 1 aliphatic carbocycles. The summed E-state index contributed by atoms with van der Waals surface area (Å²) in [7, 11) is 1.92. The third-order valence-corrected chi connectivity index (χ3v) is 6.81. The Balaban J connectivity index is 1.29. The number of hydrogen-bond acceptors (Lipinski definition) is 4. The van der Waals surface area contributed by atoms with Crippen molar-refractivity contribution in [2.45, 2.75) is 38.8 Å². The number of rotatable bonds is 3. The molecule has 4 unspecified atom stereocenters. The first kappa shape index (κ1) is 17.6. The van der Waals surface area contributed by atoms with Crippen LogP contribution in [0.5, 0.6) is 0 Å². The first-order valence-electron chi connectivity index (χ1n) is 9.99. The molecule has 3 saturated heterocycles. The number of hydrogen-bond donors (Lipinski definition) is 1. The minimum Gasteiger partial charge on any atom is -0.381 e. The van der Waals surface area contributed by atoms with Crippen LogP contribution in [0.25, 0.3) is 0 Å². The zero-order valence-electron chi connectivity index (χ0n) is 16.0. The molecule has 3 heterocycles. The van der Waals surface area contributed by atoms with Gasteiger partial charge in [-0.15, -0.1) is 0 Å². The zero-order valence-corrected chi connectivity index (χ0v) is 16.0. The first-order chi connectivity index (χ1) is 12.1. The highest BCUT2D eigenvalue weighted by Crippen LogP contribution is 2.52. The van der Waals surface area contributed by atoms with Crippen LogP contribution in [-0.2, 0) is 9.47 Å². The van der Waals surface area contributed by atoms with Crippen LogP contribution in [-0.4, -0.2) is 87.5 Å². The van der Waals surface area contributed by atoms with Crippen LogP contribution in [0, 0.1) is 17.3 Å². The highest BCUT2D eigenvalue weighted by atomic mass is 16.5. The van der Waals surface area contributed by atoms with Gasteiger partial charge in [-0.25, -0.2) is 0 Å². The molecule has 0 aromatic heterocycles. The molecule has 6 heteroatoms. The van der Waals surface area contributed by atoms with Crippen LogP contribution in [0.4, 0.5) is 0 Å². The number of fused-ring (bicyclic) bond motifs is 1. The third kappa shape index (κ3) is 3.28. The summed E-state index contributed by atoms with van der Waals surface area (Å²) in [5.74, 6) is 2.46. The molecule has 1 N–H and O–H groups in total. The lowest BCUT2D eigenvalue weighted by molar-refractivity contribution is -0.107. The van der Waals surface area contributed by atoms with E-state index < -0.39 is 0 Å². The van der Waals surface area contributed by atoms with E-state index in [0.717, 1.165) is 57.9 Å². The molecule has 142 valence electrons. The van der Waals surface area contributed by atoms with Crippen LogP contribution in [0.1, 0.15) is 26.7 Å². The lowest BCUT2D eigenvalue weighted by Gasteiger charge is -2.55. The smallest absolute Gasteiger partial charge is 0.193 e. The average Bonchev–Trinajstić information content (AvgIpc) is 3.27. The van der Waals surface area contributed by atoms with Crippen molar-refractivity contribution >= 4 is 5.96 Å². The van der Waals surface area contributed by atoms with Crippen LogP contribution in [0.15, 0.2) is 4.99 Å². The van der Waals surface area contributed by atoms with E-state index in [1.165, 1.54) is 19.4 Å². The fourth-order valence-electron chi connectivity index (χ4n) is 5.29. The monoisotopic (exact) mass is 350 g/mol. The highest BCUT2D eigenvalue weighted by Gasteiger charge is 2.59. The van der Waals surface area contributed by atoms with Gasteiger partial charge >= 0.3 is 0 Å². The molecule has 1 saturated carbocycles. The van der Waals surface area contributed by atoms with Gasteiger partial charge in [0.25, 0.3) is 0 Å². The molecular weight excluding hydrogens is 316 g/mol. The summed E-state index contributed by atoms with van der Waals surface area (Å²) in [5, 5.41) is 3.78. The Labute approximate surface area is 151 Å². The Morgan fingerprint density at radius 3 is 2.64 bits per heavy atom. The van der Waals surface area contributed by atoms with Gasteiger partial charge in [0.15, 0.2) is 5.96 Å². The molecule has 4 aliphatic rings. The van der Waals surface area contributed by atoms with E-state index in [2.05, 4.69) is 34.0 Å². The number of nitrogens with one attached hydrogen (secondary N) is 1. The Morgan fingerprint density at radius 2 is 1.96 bits per heavy atom. The molecule has 0 radical (unpaired) electrons. The normalized spacial score (nSPS) is 38.5. The van der Waals surface area contributed by atoms with Crippen LogP contribution in [0.2, 0.25) is 0 Å². The topological polar surface area (TPSA) is 49.3 Å². The summed E-state index contributed by atoms with van der Waals surface area (Å²) in [6, 6.07) is 0.479. The summed E-state index contributed by atoms with van der Waals surface area (Å²) in [6.45, 7) is 13.0. The van der Waals surface area contributed by atoms with Gasteiger partial charge in [-0.1, -0.05) is 13.8 Å². The summed E-state index contributed by atoms with van der Waals surface area (Å²) >= 11 is 0. The number of ether oxygens (including phenoxy) is 2. The van der Waals surface area contributed by atoms with Crippen molar-refractivity contribution in [2.24, 2.45) is 22.2 Å². The van der Waals surface area contributed by atoms with Crippen molar-refractivity contribution < 1.29 is 9.47 Å². The standard InChI is InChI=1S/C19H34N4O2/c1-19(2)16(15-5-11-25-17(15)19)21-18(20-3)23-8-6-22(7-9-23)12-14-4-10-24-13-14/h14-17H,4-13H2,1-3H3,(H,20,21). The number of nitrogens with zero attached hydrogens (tertiary/aromatic N) is 3. The van der Waals surface area contributed by atoms with Gasteiger partial charge in [0, 0.05) is 70.4 Å². The molecule has 0 aromatic carbocycles. The van der Waals surface area contributed by atoms with E-state index in [9.17, 15) is 0 Å². The molecule has 6 nitrogen and oxygen atoms in total. The average molecular weight is 351 g/mol. The summed E-state index contributed by atoms with van der Waals surface area (Å²) in [5.41, 5.74) is 0.196. The van der Waals surface area contributed by atoms with Crippen LogP contribution in [0.3, 0.4) is 0 Å². The molecule has 25 heavy (non-hydrogen) atoms. The van der Waals surface area contributed by atoms with E-state index in [-0.39, 0.29) is 5.41 Å². The SMILES string of the molecule is CN=C(NC1C2CCOC2C1(C)C)N1CCN(CC2CCOC2)CC1. The minimum absolute atomic E-state index is 0.196. The Kier molecular flexibility index (Phi) is 4.95. The van der Waals surface area contributed by atoms with Crippen molar-refractivity contribution in [3.8, 4) is 0 Å². The maximum Gasteiger partial charge on any atom is 0.193 e. The van der Waals surface area contributed by atoms with Gasteiger partial charge in [0.1, 0.15) is 0 Å². The van der Waals surface area contributed by atoms with Gasteiger partial charge in [0.05, 0.1) is 12.7 Å². The molecular formula is C19H34N4O2. The van der Waals surface area contributed by atoms with Gasteiger partial charge in [0.2, 0.25) is 0 Å². The maximum atomic E-state index is 5.93. The van der Waals surface area contributed by atoms with E-state index in [1.54, 1.807) is 0 Å². The lowest BCUT2D eigenvalue weighted by atomic mass is 9.57. The van der Waals surface area contributed by atoms with Gasteiger partial charge < -0.3 is 19.7 Å². The summed E-state index contributed by atoms with van der Waals surface area (Å²) in [6.07, 6.45) is 2.83. The second-order valence-electron chi connectivity index (χ2n) is 8.75. The second kappa shape index (κ2) is 7.05. The molecule has 3 aliphatic heterocycles. The predicted molar refractivity (Wildman–Crippen MR) is 98.8 cm³/mol. The van der Waals surface area contributed by atoms with Crippen LogP contribution >= 0.6 is 0 Å². The number of piperazine rings is 1. The van der Waals surface area contributed by atoms with Gasteiger partial charge in [-0.05, 0) is 18.8 Å². The summed E-state index contributed by atoms with van der Waals surface area (Å²) in [4.78, 5) is 9.62. The highest BCUT2D eigenvalue weighted by molar-refractivity contribution is 5.80. The second-order valence-corrected chi connectivity index (χ2v) is 8.75. The molecule has 0 spiro atoms. The zero-order chi connectivity index (χ0) is 17.4. The molecule has 4 fully saturated rings. The van der Waals surface area contributed by atoms with Crippen molar-refractivity contribution in [1.82, 2.24) is 15.1 Å². The number of guanidine groups is 1. The Bertz CT molecular complexity index is 496. The van der Waals surface area contributed by atoms with Crippen molar-refractivity contribution in [3.63, 3.8) is 0 Å². The quantitative estimate of drug-likeness (QED) is 0.609. The van der Waals surface area contributed by atoms with Gasteiger partial charge in [-0.3, -0.25) is 9.89 Å². The number of aliphatic imine (C=N–C) groups is 1. The van der Waals surface area contributed by atoms with Gasteiger partial charge in [-0.2, -0.15) is 0 Å². The van der Waals surface area contributed by atoms with E-state index >= 15 is 0 Å². The molecule has 4 rings (SSSR count). The predicted octanol–water partition coefficient (Wildman–Crippen LogP) is 1.03. The van der Waals surface area contributed by atoms with E-state index in [0.29, 0.717) is 18.1 Å². The fourth-order valence-corrected chi connectivity index (χ4v) is 5.29.